The van der Waals surface area contributed by atoms with Crippen LogP contribution in [0.25, 0.3) is 0 Å². The van der Waals surface area contributed by atoms with Crippen LogP contribution in [0.4, 0.5) is 4.39 Å². The molecule has 0 bridgehead atoms. The van der Waals surface area contributed by atoms with Crippen molar-refractivity contribution in [3.63, 3.8) is 0 Å². The van der Waals surface area contributed by atoms with E-state index in [-0.39, 0.29) is 29.9 Å². The Kier molecular flexibility index (Phi) is 7.54. The number of nitrogens with one attached hydrogen (secondary N) is 1. The van der Waals surface area contributed by atoms with E-state index < -0.39 is 17.8 Å². The van der Waals surface area contributed by atoms with E-state index in [1.807, 2.05) is 13.8 Å². The van der Waals surface area contributed by atoms with E-state index in [1.165, 1.54) is 29.2 Å². The fourth-order valence-electron chi connectivity index (χ4n) is 3.45. The molecule has 0 unspecified atom stereocenters. The van der Waals surface area contributed by atoms with Crippen LogP contribution in [0.5, 0.6) is 0 Å². The first kappa shape index (κ1) is 23.3. The summed E-state index contributed by atoms with van der Waals surface area (Å²) >= 11 is 0. The summed E-state index contributed by atoms with van der Waals surface area (Å²) in [4.78, 5) is 43.1. The van der Waals surface area contributed by atoms with E-state index >= 15 is 0 Å². The summed E-state index contributed by atoms with van der Waals surface area (Å²) in [6, 6.07) is 4.49. The van der Waals surface area contributed by atoms with Crippen LogP contribution in [0.2, 0.25) is 0 Å². The van der Waals surface area contributed by atoms with Crippen molar-refractivity contribution in [2.75, 3.05) is 13.2 Å². The normalized spacial score (nSPS) is 12.0. The van der Waals surface area contributed by atoms with Gasteiger partial charge in [0.05, 0.1) is 12.6 Å². The second kappa shape index (κ2) is 9.69. The van der Waals surface area contributed by atoms with Crippen molar-refractivity contribution in [3.8, 4) is 0 Å². The molecule has 1 atom stereocenters. The van der Waals surface area contributed by atoms with Crippen LogP contribution in [0.15, 0.2) is 24.3 Å². The first-order valence-corrected chi connectivity index (χ1v) is 10.0. The molecule has 7 heteroatoms. The van der Waals surface area contributed by atoms with Gasteiger partial charge in [0.25, 0.3) is 5.91 Å². The van der Waals surface area contributed by atoms with Crippen LogP contribution in [-0.4, -0.2) is 46.7 Å². The molecule has 0 aliphatic rings. The van der Waals surface area contributed by atoms with Crippen molar-refractivity contribution in [3.05, 3.63) is 58.2 Å². The van der Waals surface area contributed by atoms with Gasteiger partial charge in [-0.15, -0.1) is 0 Å². The number of ketones is 1. The lowest BCUT2D eigenvalue weighted by atomic mass is 9.98. The third-order valence-electron chi connectivity index (χ3n) is 4.92. The highest BCUT2D eigenvalue weighted by molar-refractivity contribution is 6.07. The summed E-state index contributed by atoms with van der Waals surface area (Å²) < 4.78 is 18.3. The maximum atomic E-state index is 13.4. The average molecular weight is 416 g/mol. The minimum Gasteiger partial charge on any atom is -0.461 e. The summed E-state index contributed by atoms with van der Waals surface area (Å²) in [5.41, 5.74) is 1.98. The Balaban J connectivity index is 2.39. The van der Waals surface area contributed by atoms with E-state index in [2.05, 4.69) is 4.98 Å². The third-order valence-corrected chi connectivity index (χ3v) is 4.92. The first-order chi connectivity index (χ1) is 14.1. The summed E-state index contributed by atoms with van der Waals surface area (Å²) in [7, 11) is 0. The topological polar surface area (TPSA) is 79.5 Å². The number of carbonyl (C=O) groups excluding carboxylic acids is 3. The maximum absolute atomic E-state index is 13.4. The van der Waals surface area contributed by atoms with Crippen molar-refractivity contribution in [1.29, 1.82) is 0 Å². The van der Waals surface area contributed by atoms with Gasteiger partial charge in [-0.05, 0) is 63.4 Å². The molecule has 162 valence electrons. The molecular weight excluding hydrogens is 387 g/mol. The van der Waals surface area contributed by atoms with Gasteiger partial charge in [-0.1, -0.05) is 13.8 Å². The zero-order valence-electron chi connectivity index (χ0n) is 18.3. The van der Waals surface area contributed by atoms with Gasteiger partial charge in [0.15, 0.2) is 5.78 Å². The van der Waals surface area contributed by atoms with Crippen LogP contribution in [0, 0.1) is 25.6 Å². The summed E-state index contributed by atoms with van der Waals surface area (Å²) in [5.74, 6) is -1.45. The largest absolute Gasteiger partial charge is 0.461 e. The fraction of sp³-hybridized carbons (Fsp3) is 0.435. The molecule has 0 spiro atoms. The molecule has 0 saturated carbocycles. The number of esters is 1. The standard InChI is InChI=1S/C23H29FN2O4/c1-7-30-23(29)20-14(4)19(15(5)25-20)21(27)16(6)26(12-13(2)3)22(28)17-8-10-18(24)11-9-17/h8-11,13,16,25H,7,12H2,1-6H3/t16-/m1/s1. The number of rotatable bonds is 8. The van der Waals surface area contributed by atoms with Gasteiger partial charge in [-0.2, -0.15) is 0 Å². The SMILES string of the molecule is CCOC(=O)c1[nH]c(C)c(C(=O)[C@@H](C)N(CC(C)C)C(=O)c2ccc(F)cc2)c1C. The molecule has 1 aromatic heterocycles. The molecule has 0 radical (unpaired) electrons. The Morgan fingerprint density at radius 1 is 1.10 bits per heavy atom. The summed E-state index contributed by atoms with van der Waals surface area (Å²) in [6.45, 7) is 11.3. The van der Waals surface area contributed by atoms with Gasteiger partial charge in [0.1, 0.15) is 11.5 Å². The molecule has 0 aliphatic carbocycles. The van der Waals surface area contributed by atoms with Gasteiger partial charge in [-0.3, -0.25) is 9.59 Å². The zero-order valence-corrected chi connectivity index (χ0v) is 18.3. The molecule has 2 rings (SSSR count). The molecular formula is C23H29FN2O4. The minimum atomic E-state index is -0.770. The lowest BCUT2D eigenvalue weighted by Crippen LogP contribution is -2.45. The average Bonchev–Trinajstić information content (AvgIpc) is 2.99. The highest BCUT2D eigenvalue weighted by Gasteiger charge is 2.32. The zero-order chi connectivity index (χ0) is 22.6. The van der Waals surface area contributed by atoms with E-state index in [0.717, 1.165) is 0 Å². The quantitative estimate of drug-likeness (QED) is 0.513. The van der Waals surface area contributed by atoms with Crippen LogP contribution < -0.4 is 0 Å². The number of amides is 1. The van der Waals surface area contributed by atoms with Crippen LogP contribution in [0.1, 0.15) is 70.2 Å². The maximum Gasteiger partial charge on any atom is 0.355 e. The number of hydrogen-bond acceptors (Lipinski definition) is 4. The van der Waals surface area contributed by atoms with Crippen molar-refractivity contribution in [2.24, 2.45) is 5.92 Å². The van der Waals surface area contributed by atoms with E-state index in [0.29, 0.717) is 28.9 Å². The molecule has 2 aromatic rings. The molecule has 6 nitrogen and oxygen atoms in total. The van der Waals surface area contributed by atoms with Crippen molar-refractivity contribution >= 4 is 17.7 Å². The molecule has 0 saturated heterocycles. The Labute approximate surface area is 176 Å². The number of ether oxygens (including phenoxy) is 1. The number of aromatic nitrogens is 1. The molecule has 1 amide bonds. The Bertz CT molecular complexity index is 931. The molecule has 1 heterocycles. The minimum absolute atomic E-state index is 0.119. The lowest BCUT2D eigenvalue weighted by Gasteiger charge is -2.30. The number of hydrogen-bond donors (Lipinski definition) is 1. The van der Waals surface area contributed by atoms with Crippen LogP contribution in [-0.2, 0) is 4.74 Å². The molecule has 1 aromatic carbocycles. The number of carbonyl (C=O) groups is 3. The van der Waals surface area contributed by atoms with E-state index in [9.17, 15) is 18.8 Å². The monoisotopic (exact) mass is 416 g/mol. The molecule has 0 aliphatic heterocycles. The fourth-order valence-corrected chi connectivity index (χ4v) is 3.45. The van der Waals surface area contributed by atoms with E-state index in [4.69, 9.17) is 4.74 Å². The predicted octanol–water partition coefficient (Wildman–Crippen LogP) is 4.32. The number of H-pyrrole nitrogens is 1. The number of aryl methyl sites for hydroxylation is 1. The van der Waals surface area contributed by atoms with Crippen LogP contribution >= 0.6 is 0 Å². The first-order valence-electron chi connectivity index (χ1n) is 10.0. The Hall–Kier alpha value is -2.96. The number of aromatic amines is 1. The second-order valence-corrected chi connectivity index (χ2v) is 7.74. The van der Waals surface area contributed by atoms with E-state index in [1.54, 1.807) is 27.7 Å². The Morgan fingerprint density at radius 2 is 1.70 bits per heavy atom. The van der Waals surface area contributed by atoms with Crippen molar-refractivity contribution < 1.29 is 23.5 Å². The summed E-state index contributed by atoms with van der Waals surface area (Å²) in [6.07, 6.45) is 0. The Morgan fingerprint density at radius 3 is 2.23 bits per heavy atom. The van der Waals surface area contributed by atoms with Gasteiger partial charge in [0, 0.05) is 23.4 Å². The van der Waals surface area contributed by atoms with Crippen molar-refractivity contribution in [1.82, 2.24) is 9.88 Å². The number of halogens is 1. The van der Waals surface area contributed by atoms with Gasteiger partial charge >= 0.3 is 5.97 Å². The smallest absolute Gasteiger partial charge is 0.355 e. The third kappa shape index (κ3) is 4.96. The molecule has 1 N–H and O–H groups in total. The van der Waals surface area contributed by atoms with Gasteiger partial charge in [0.2, 0.25) is 0 Å². The number of nitrogens with zero attached hydrogens (tertiary/aromatic N) is 1. The molecule has 30 heavy (non-hydrogen) atoms. The number of Topliss-reactive ketones (excluding diaryl/α,β-unsaturated/α-hetero) is 1. The van der Waals surface area contributed by atoms with Gasteiger partial charge < -0.3 is 14.6 Å². The highest BCUT2D eigenvalue weighted by Crippen LogP contribution is 2.23. The predicted molar refractivity (Wildman–Crippen MR) is 112 cm³/mol. The van der Waals surface area contributed by atoms with Gasteiger partial charge in [-0.25, -0.2) is 9.18 Å². The highest BCUT2D eigenvalue weighted by atomic mass is 19.1. The van der Waals surface area contributed by atoms with Crippen LogP contribution in [0.3, 0.4) is 0 Å². The lowest BCUT2D eigenvalue weighted by molar-refractivity contribution is 0.0518. The number of benzene rings is 1. The van der Waals surface area contributed by atoms with Crippen molar-refractivity contribution in [2.45, 2.75) is 47.6 Å². The summed E-state index contributed by atoms with van der Waals surface area (Å²) in [5, 5.41) is 0. The molecule has 0 fully saturated rings. The second-order valence-electron chi connectivity index (χ2n) is 7.74.